The van der Waals surface area contributed by atoms with Gasteiger partial charge in [-0.15, -0.1) is 0 Å². The number of nitrogens with zero attached hydrogens (tertiary/aromatic N) is 3. The number of amides is 1. The average Bonchev–Trinajstić information content (AvgIpc) is 3.33. The van der Waals surface area contributed by atoms with Crippen molar-refractivity contribution in [1.82, 2.24) is 9.88 Å². The summed E-state index contributed by atoms with van der Waals surface area (Å²) in [7, 11) is 3.01. The molecule has 3 aromatic carbocycles. The summed E-state index contributed by atoms with van der Waals surface area (Å²) >= 11 is 13.3. The van der Waals surface area contributed by atoms with E-state index in [1.54, 1.807) is 49.6 Å². The van der Waals surface area contributed by atoms with E-state index in [-0.39, 0.29) is 52.1 Å². The van der Waals surface area contributed by atoms with E-state index in [9.17, 15) is 9.59 Å². The number of nitrogens with one attached hydrogen (secondary N) is 1. The molecule has 2 atom stereocenters. The highest BCUT2D eigenvalue weighted by Gasteiger charge is 2.40. The van der Waals surface area contributed by atoms with Crippen LogP contribution in [0.3, 0.4) is 0 Å². The lowest BCUT2D eigenvalue weighted by molar-refractivity contribution is 0.0515. The van der Waals surface area contributed by atoms with Crippen LogP contribution in [0.4, 0.5) is 21.6 Å². The molecule has 3 aliphatic rings. The van der Waals surface area contributed by atoms with E-state index in [1.807, 2.05) is 6.07 Å². The van der Waals surface area contributed by atoms with Crippen LogP contribution in [0.1, 0.15) is 39.1 Å². The predicted molar refractivity (Wildman–Crippen MR) is 182 cm³/mol. The largest absolute Gasteiger partial charge is 0.472 e. The van der Waals surface area contributed by atoms with Crippen molar-refractivity contribution in [3.8, 4) is 28.0 Å². The van der Waals surface area contributed by atoms with Gasteiger partial charge in [0.05, 0.1) is 71.5 Å². The average molecular weight is 693 g/mol. The van der Waals surface area contributed by atoms with Crippen molar-refractivity contribution in [2.75, 3.05) is 50.1 Å². The van der Waals surface area contributed by atoms with Gasteiger partial charge in [0.15, 0.2) is 6.73 Å². The Morgan fingerprint density at radius 3 is 2.44 bits per heavy atom. The molecule has 1 amide bonds. The van der Waals surface area contributed by atoms with Crippen molar-refractivity contribution in [2.24, 2.45) is 0 Å². The Balaban J connectivity index is 1.19. The molecule has 7 rings (SSSR count). The van der Waals surface area contributed by atoms with Gasteiger partial charge in [0.1, 0.15) is 17.4 Å². The molecule has 10 nitrogen and oxygen atoms in total. The fourth-order valence-corrected chi connectivity index (χ4v) is 7.49. The summed E-state index contributed by atoms with van der Waals surface area (Å²) in [6.07, 6.45) is 3.47. The Morgan fingerprint density at radius 2 is 1.77 bits per heavy atom. The van der Waals surface area contributed by atoms with Crippen molar-refractivity contribution >= 4 is 52.3 Å². The molecule has 0 radical (unpaired) electrons. The SMILES string of the molecule is CNc1ncc(-c2cc(Cl)c(C(=O)N3COc4c(cccc4-c4cc(N5C6CCC5COC6)c(C(=O)OC)cc4F)C3)c(Cl)c2)cc1N. The summed E-state index contributed by atoms with van der Waals surface area (Å²) < 4.78 is 32.8. The molecular weight excluding hydrogens is 660 g/mol. The quantitative estimate of drug-likeness (QED) is 0.215. The van der Waals surface area contributed by atoms with Gasteiger partial charge in [-0.25, -0.2) is 14.2 Å². The van der Waals surface area contributed by atoms with Crippen LogP contribution >= 0.6 is 23.2 Å². The Kier molecular flexibility index (Phi) is 8.53. The maximum atomic E-state index is 15.9. The molecule has 2 bridgehead atoms. The summed E-state index contributed by atoms with van der Waals surface area (Å²) in [6.45, 7) is 1.12. The number of pyridine rings is 1. The third-order valence-electron chi connectivity index (χ3n) is 9.15. The highest BCUT2D eigenvalue weighted by molar-refractivity contribution is 6.40. The number of carbonyl (C=O) groups is 2. The number of hydrogen-bond donors (Lipinski definition) is 2. The van der Waals surface area contributed by atoms with Crippen LogP contribution in [0.15, 0.2) is 54.7 Å². The van der Waals surface area contributed by atoms with Crippen molar-refractivity contribution in [3.05, 3.63) is 87.3 Å². The van der Waals surface area contributed by atoms with Gasteiger partial charge in [-0.3, -0.25) is 4.79 Å². The molecular formula is C35H32Cl2FN5O5. The number of para-hydroxylation sites is 1. The number of rotatable bonds is 6. The molecule has 2 fully saturated rings. The fraction of sp³-hybridized carbons (Fsp3) is 0.286. The molecule has 248 valence electrons. The van der Waals surface area contributed by atoms with Gasteiger partial charge in [-0.05, 0) is 48.7 Å². The van der Waals surface area contributed by atoms with E-state index in [2.05, 4.69) is 15.2 Å². The van der Waals surface area contributed by atoms with E-state index in [0.717, 1.165) is 12.8 Å². The molecule has 0 aliphatic carbocycles. The second-order valence-electron chi connectivity index (χ2n) is 12.0. The zero-order valence-electron chi connectivity index (χ0n) is 26.2. The van der Waals surface area contributed by atoms with E-state index >= 15 is 4.39 Å². The molecule has 0 spiro atoms. The van der Waals surface area contributed by atoms with Crippen molar-refractivity contribution in [3.63, 3.8) is 0 Å². The number of methoxy groups -OCH3 is 1. The number of hydrogen-bond acceptors (Lipinski definition) is 9. The van der Waals surface area contributed by atoms with Crippen LogP contribution < -0.4 is 20.7 Å². The second-order valence-corrected chi connectivity index (χ2v) is 12.8. The standard InChI is InChI=1S/C35H32Cl2FN5O5/c1-40-33-29(39)10-20(13-41-33)19-8-26(36)31(27(37)9-19)34(44)42-14-18-4-3-5-23(32(18)48-17-42)24-12-30(25(11-28(24)38)35(45)46-2)43-21-6-7-22(43)16-47-15-21/h3-5,8-13,21-22H,6-7,14-17,39H2,1-2H3,(H,40,41). The normalized spacial score (nSPS) is 18.3. The fourth-order valence-electron chi connectivity index (χ4n) is 6.84. The topological polar surface area (TPSA) is 119 Å². The van der Waals surface area contributed by atoms with E-state index in [0.29, 0.717) is 58.4 Å². The number of halogens is 3. The lowest BCUT2D eigenvalue weighted by atomic mass is 9.96. The summed E-state index contributed by atoms with van der Waals surface area (Å²) in [6, 6.07) is 13.5. The molecule has 4 aromatic rings. The van der Waals surface area contributed by atoms with Crippen LogP contribution in [0.5, 0.6) is 5.75 Å². The maximum Gasteiger partial charge on any atom is 0.340 e. The molecule has 3 N–H and O–H groups in total. The number of benzene rings is 3. The van der Waals surface area contributed by atoms with Gasteiger partial charge in [0, 0.05) is 35.5 Å². The molecule has 4 heterocycles. The number of fused-ring (bicyclic) bond motifs is 3. The van der Waals surface area contributed by atoms with Gasteiger partial charge in [0.25, 0.3) is 5.91 Å². The number of esters is 1. The van der Waals surface area contributed by atoms with E-state index < -0.39 is 17.7 Å². The maximum absolute atomic E-state index is 15.9. The van der Waals surface area contributed by atoms with E-state index in [1.165, 1.54) is 18.1 Å². The Labute approximate surface area is 286 Å². The molecule has 3 aliphatic heterocycles. The first kappa shape index (κ1) is 32.0. The minimum Gasteiger partial charge on any atom is -0.472 e. The Hall–Kier alpha value is -4.58. The Bertz CT molecular complexity index is 1920. The van der Waals surface area contributed by atoms with Crippen molar-refractivity contribution in [2.45, 2.75) is 31.5 Å². The zero-order valence-corrected chi connectivity index (χ0v) is 27.7. The predicted octanol–water partition coefficient (Wildman–Crippen LogP) is 6.63. The number of nitrogen functional groups attached to an aromatic ring is 1. The second kappa shape index (κ2) is 12.8. The van der Waals surface area contributed by atoms with Crippen LogP contribution in [0.2, 0.25) is 10.0 Å². The van der Waals surface area contributed by atoms with Gasteiger partial charge in [-0.2, -0.15) is 0 Å². The van der Waals surface area contributed by atoms with Crippen molar-refractivity contribution < 1.29 is 28.2 Å². The Morgan fingerprint density at radius 1 is 1.04 bits per heavy atom. The summed E-state index contributed by atoms with van der Waals surface area (Å²) in [5.41, 5.74) is 10.2. The lowest BCUT2D eigenvalue weighted by Crippen LogP contribution is -2.46. The molecule has 0 saturated carbocycles. The molecule has 48 heavy (non-hydrogen) atoms. The van der Waals surface area contributed by atoms with Crippen LogP contribution in [-0.4, -0.2) is 67.9 Å². The first-order chi connectivity index (χ1) is 23.2. The van der Waals surface area contributed by atoms with Crippen LogP contribution in [0, 0.1) is 5.82 Å². The number of nitrogens with two attached hydrogens (primary N) is 1. The number of morpholine rings is 1. The summed E-state index contributed by atoms with van der Waals surface area (Å²) in [5.74, 6) is -0.632. The third-order valence-corrected chi connectivity index (χ3v) is 9.75. The molecule has 1 aromatic heterocycles. The third kappa shape index (κ3) is 5.55. The highest BCUT2D eigenvalue weighted by atomic mass is 35.5. The van der Waals surface area contributed by atoms with Gasteiger partial charge in [-0.1, -0.05) is 41.4 Å². The number of aromatic nitrogens is 1. The van der Waals surface area contributed by atoms with E-state index in [4.69, 9.17) is 43.1 Å². The van der Waals surface area contributed by atoms with Crippen LogP contribution in [-0.2, 0) is 16.0 Å². The minimum atomic E-state index is -0.611. The monoisotopic (exact) mass is 691 g/mol. The summed E-state index contributed by atoms with van der Waals surface area (Å²) in [4.78, 5) is 34.5. The molecule has 13 heteroatoms. The van der Waals surface area contributed by atoms with Crippen LogP contribution in [0.25, 0.3) is 22.3 Å². The minimum absolute atomic E-state index is 0.0763. The van der Waals surface area contributed by atoms with Crippen molar-refractivity contribution in [1.29, 1.82) is 0 Å². The number of carbonyl (C=O) groups excluding carboxylic acids is 2. The molecule has 2 unspecified atom stereocenters. The zero-order chi connectivity index (χ0) is 33.7. The number of anilines is 3. The summed E-state index contributed by atoms with van der Waals surface area (Å²) in [5, 5.41) is 3.24. The first-order valence-corrected chi connectivity index (χ1v) is 16.2. The van der Waals surface area contributed by atoms with Gasteiger partial charge >= 0.3 is 5.97 Å². The van der Waals surface area contributed by atoms with Gasteiger partial charge in [0.2, 0.25) is 0 Å². The smallest absolute Gasteiger partial charge is 0.340 e. The highest BCUT2D eigenvalue weighted by Crippen LogP contribution is 2.43. The number of ether oxygens (including phenoxy) is 3. The first-order valence-electron chi connectivity index (χ1n) is 15.4. The van der Waals surface area contributed by atoms with Gasteiger partial charge < -0.3 is 35.1 Å². The lowest BCUT2D eigenvalue weighted by Gasteiger charge is -2.37. The molecule has 2 saturated heterocycles.